The molecule has 0 unspecified atom stereocenters. The van der Waals surface area contributed by atoms with Crippen LogP contribution in [0.3, 0.4) is 0 Å². The highest BCUT2D eigenvalue weighted by atomic mass is 35.5. The first-order chi connectivity index (χ1) is 18.0. The minimum atomic E-state index is -0.112. The summed E-state index contributed by atoms with van der Waals surface area (Å²) in [5.41, 5.74) is 4.86. The lowest BCUT2D eigenvalue weighted by molar-refractivity contribution is 0.284. The molecule has 1 aromatic carbocycles. The van der Waals surface area contributed by atoms with Gasteiger partial charge in [-0.3, -0.25) is 4.79 Å². The Morgan fingerprint density at radius 3 is 2.59 bits per heavy atom. The first kappa shape index (κ1) is 25.6. The predicted octanol–water partition coefficient (Wildman–Crippen LogP) is 6.36. The van der Waals surface area contributed by atoms with Gasteiger partial charge < -0.3 is 19.4 Å². The van der Waals surface area contributed by atoms with E-state index in [1.54, 1.807) is 6.07 Å². The van der Waals surface area contributed by atoms with Gasteiger partial charge in [-0.15, -0.1) is 0 Å². The molecule has 1 N–H and O–H groups in total. The van der Waals surface area contributed by atoms with Gasteiger partial charge in [0, 0.05) is 60.1 Å². The molecule has 4 aromatic rings. The fourth-order valence-corrected chi connectivity index (χ4v) is 5.43. The molecular weight excluding hydrogens is 482 g/mol. The Hall–Kier alpha value is -3.09. The van der Waals surface area contributed by atoms with E-state index < -0.39 is 0 Å². The summed E-state index contributed by atoms with van der Waals surface area (Å²) in [6, 6.07) is 14.3. The van der Waals surface area contributed by atoms with Crippen LogP contribution in [0.2, 0.25) is 5.02 Å². The summed E-state index contributed by atoms with van der Waals surface area (Å²) in [6.45, 7) is 7.15. The normalized spacial score (nSPS) is 14.4. The van der Waals surface area contributed by atoms with Crippen molar-refractivity contribution < 1.29 is 0 Å². The Morgan fingerprint density at radius 1 is 1.14 bits per heavy atom. The molecule has 0 aliphatic heterocycles. The molecule has 0 radical (unpaired) electrons. The number of nitrogens with zero attached hydrogens (tertiary/aromatic N) is 4. The topological polar surface area (TPSA) is 57.2 Å². The Morgan fingerprint density at radius 2 is 1.92 bits per heavy atom. The second-order valence-corrected chi connectivity index (χ2v) is 10.6. The smallest absolute Gasteiger partial charge is 0.251 e. The van der Waals surface area contributed by atoms with Crippen molar-refractivity contribution in [3.05, 3.63) is 82.0 Å². The highest BCUT2D eigenvalue weighted by Gasteiger charge is 2.29. The van der Waals surface area contributed by atoms with Gasteiger partial charge in [-0.05, 0) is 68.1 Å². The third-order valence-electron chi connectivity index (χ3n) is 7.33. The molecule has 0 amide bonds. The monoisotopic (exact) mass is 517 g/mol. The molecule has 37 heavy (non-hydrogen) atoms. The molecular formula is C30H36ClN5O. The van der Waals surface area contributed by atoms with E-state index in [-0.39, 0.29) is 11.6 Å². The Kier molecular flexibility index (Phi) is 7.68. The standard InChI is InChI=1S/C30H36ClN5O/c1-4-12-35(13-5-2)25-17-26-27(19-33-30(26)32-18-25)21-11-14-36(29(37)16-21)28(20-34(3)24-9-10-24)22-7-6-8-23(31)15-22/h6-8,11,14-19,24,28H,4-5,9-10,12-13,20H2,1-3H3,(H,32,33)/t28-/m1/s1. The molecule has 0 spiro atoms. The number of likely N-dealkylation sites (N-methyl/N-ethyl adjacent to an activating group) is 1. The number of hydrogen-bond donors (Lipinski definition) is 1. The maximum Gasteiger partial charge on any atom is 0.251 e. The fraction of sp³-hybridized carbons (Fsp3) is 0.400. The molecule has 5 rings (SSSR count). The van der Waals surface area contributed by atoms with E-state index >= 15 is 0 Å². The minimum absolute atomic E-state index is 0.0243. The number of aromatic nitrogens is 3. The van der Waals surface area contributed by atoms with Crippen LogP contribution in [0.5, 0.6) is 0 Å². The number of hydrogen-bond acceptors (Lipinski definition) is 4. The average molecular weight is 518 g/mol. The molecule has 1 aliphatic rings. The highest BCUT2D eigenvalue weighted by Crippen LogP contribution is 2.32. The van der Waals surface area contributed by atoms with Crippen LogP contribution in [0.1, 0.15) is 51.1 Å². The number of H-pyrrole nitrogens is 1. The third-order valence-corrected chi connectivity index (χ3v) is 7.56. The van der Waals surface area contributed by atoms with Gasteiger partial charge in [-0.1, -0.05) is 37.6 Å². The van der Waals surface area contributed by atoms with Crippen molar-refractivity contribution in [2.24, 2.45) is 0 Å². The fourth-order valence-electron chi connectivity index (χ4n) is 5.23. The molecule has 1 atom stereocenters. The van der Waals surface area contributed by atoms with Gasteiger partial charge in [-0.2, -0.15) is 0 Å². The van der Waals surface area contributed by atoms with Crippen molar-refractivity contribution in [2.45, 2.75) is 51.6 Å². The summed E-state index contributed by atoms with van der Waals surface area (Å²) in [5, 5.41) is 1.72. The summed E-state index contributed by atoms with van der Waals surface area (Å²) in [6.07, 6.45) is 10.4. The van der Waals surface area contributed by atoms with E-state index in [1.807, 2.05) is 47.4 Å². The summed E-state index contributed by atoms with van der Waals surface area (Å²) < 4.78 is 1.84. The molecule has 1 saturated carbocycles. The Labute approximate surface area is 223 Å². The van der Waals surface area contributed by atoms with Crippen molar-refractivity contribution >= 4 is 28.3 Å². The number of benzene rings is 1. The first-order valence-electron chi connectivity index (χ1n) is 13.4. The van der Waals surface area contributed by atoms with Gasteiger partial charge in [0.1, 0.15) is 5.65 Å². The van der Waals surface area contributed by atoms with Crippen molar-refractivity contribution in [3.63, 3.8) is 0 Å². The summed E-state index contributed by atoms with van der Waals surface area (Å²) in [4.78, 5) is 26.3. The molecule has 3 heterocycles. The highest BCUT2D eigenvalue weighted by molar-refractivity contribution is 6.30. The number of nitrogens with one attached hydrogen (secondary N) is 1. The Bertz CT molecular complexity index is 1420. The lowest BCUT2D eigenvalue weighted by Crippen LogP contribution is -2.34. The minimum Gasteiger partial charge on any atom is -0.370 e. The van der Waals surface area contributed by atoms with Crippen LogP contribution in [0.15, 0.2) is 65.8 Å². The van der Waals surface area contributed by atoms with E-state index in [0.29, 0.717) is 11.1 Å². The van der Waals surface area contributed by atoms with Gasteiger partial charge in [0.25, 0.3) is 5.56 Å². The maximum atomic E-state index is 13.6. The molecule has 3 aromatic heterocycles. The zero-order valence-electron chi connectivity index (χ0n) is 22.0. The summed E-state index contributed by atoms with van der Waals surface area (Å²) >= 11 is 6.34. The van der Waals surface area contributed by atoms with Gasteiger partial charge in [0.05, 0.1) is 17.9 Å². The number of fused-ring (bicyclic) bond motifs is 1. The van der Waals surface area contributed by atoms with Crippen molar-refractivity contribution in [1.29, 1.82) is 0 Å². The van der Waals surface area contributed by atoms with Crippen molar-refractivity contribution in [1.82, 2.24) is 19.4 Å². The first-order valence-corrected chi connectivity index (χ1v) is 13.8. The van der Waals surface area contributed by atoms with Crippen LogP contribution in [0.25, 0.3) is 22.2 Å². The average Bonchev–Trinajstić information content (AvgIpc) is 3.66. The van der Waals surface area contributed by atoms with Crippen molar-refractivity contribution in [2.75, 3.05) is 31.6 Å². The maximum absolute atomic E-state index is 13.6. The predicted molar refractivity (Wildman–Crippen MR) is 154 cm³/mol. The van der Waals surface area contributed by atoms with Crippen LogP contribution >= 0.6 is 11.6 Å². The molecule has 0 saturated heterocycles. The van der Waals surface area contributed by atoms with Gasteiger partial charge in [0.2, 0.25) is 0 Å². The van der Waals surface area contributed by atoms with Crippen LogP contribution in [-0.2, 0) is 0 Å². The number of anilines is 1. The Balaban J connectivity index is 1.51. The van der Waals surface area contributed by atoms with Gasteiger partial charge >= 0.3 is 0 Å². The summed E-state index contributed by atoms with van der Waals surface area (Å²) in [7, 11) is 2.14. The number of aromatic amines is 1. The molecule has 1 fully saturated rings. The number of pyridine rings is 2. The van der Waals surface area contributed by atoms with E-state index in [9.17, 15) is 4.79 Å². The number of halogens is 1. The van der Waals surface area contributed by atoms with E-state index in [2.05, 4.69) is 52.8 Å². The van der Waals surface area contributed by atoms with E-state index in [1.165, 1.54) is 12.8 Å². The van der Waals surface area contributed by atoms with Gasteiger partial charge in [-0.25, -0.2) is 4.98 Å². The molecule has 194 valence electrons. The van der Waals surface area contributed by atoms with Crippen LogP contribution in [0.4, 0.5) is 5.69 Å². The quantitative estimate of drug-likeness (QED) is 0.251. The van der Waals surface area contributed by atoms with Crippen LogP contribution in [-0.4, -0.2) is 52.2 Å². The van der Waals surface area contributed by atoms with Crippen molar-refractivity contribution in [3.8, 4) is 11.1 Å². The molecule has 7 heteroatoms. The molecule has 1 aliphatic carbocycles. The molecule has 0 bridgehead atoms. The summed E-state index contributed by atoms with van der Waals surface area (Å²) in [5.74, 6) is 0. The SMILES string of the molecule is CCCN(CCC)c1cnc2[nH]cc(-c3ccn([C@H](CN(C)C4CC4)c4cccc(Cl)c4)c(=O)c3)c2c1. The zero-order chi connectivity index (χ0) is 25.9. The second kappa shape index (κ2) is 11.1. The van der Waals surface area contributed by atoms with E-state index in [4.69, 9.17) is 11.6 Å². The van der Waals surface area contributed by atoms with E-state index in [0.717, 1.165) is 65.9 Å². The zero-order valence-corrected chi connectivity index (χ0v) is 22.7. The second-order valence-electron chi connectivity index (χ2n) is 10.2. The van der Waals surface area contributed by atoms with Crippen LogP contribution < -0.4 is 10.5 Å². The molecule has 6 nitrogen and oxygen atoms in total. The lowest BCUT2D eigenvalue weighted by Gasteiger charge is -2.26. The number of rotatable bonds is 11. The van der Waals surface area contributed by atoms with Crippen LogP contribution in [0, 0.1) is 0 Å². The van der Waals surface area contributed by atoms with Gasteiger partial charge in [0.15, 0.2) is 0 Å². The largest absolute Gasteiger partial charge is 0.370 e. The third kappa shape index (κ3) is 5.60. The lowest BCUT2D eigenvalue weighted by atomic mass is 10.0.